The molecule has 23 heavy (non-hydrogen) atoms. The molecule has 6 heteroatoms. The van der Waals surface area contributed by atoms with Gasteiger partial charge in [-0.1, -0.05) is 17.7 Å². The molecule has 1 aromatic carbocycles. The van der Waals surface area contributed by atoms with E-state index in [-0.39, 0.29) is 12.4 Å². The maximum Gasteiger partial charge on any atom is 0.202 e. The number of ketones is 1. The molecular formula is C17H15ClN2O2S. The summed E-state index contributed by atoms with van der Waals surface area (Å²) in [6.45, 7) is 3.85. The SMILES string of the molecule is Cc1cc(C(=O)COc2cccc(Cl)c2)c(C)n1-c1nccs1. The van der Waals surface area contributed by atoms with Gasteiger partial charge in [0.15, 0.2) is 11.7 Å². The third-order valence-electron chi connectivity index (χ3n) is 3.51. The number of hydrogen-bond acceptors (Lipinski definition) is 4. The average Bonchev–Trinajstić information content (AvgIpc) is 3.13. The van der Waals surface area contributed by atoms with Crippen molar-refractivity contribution in [1.29, 1.82) is 0 Å². The lowest BCUT2D eigenvalue weighted by atomic mass is 10.1. The summed E-state index contributed by atoms with van der Waals surface area (Å²) < 4.78 is 7.53. The van der Waals surface area contributed by atoms with Crippen LogP contribution in [0.1, 0.15) is 21.7 Å². The first kappa shape index (κ1) is 15.8. The van der Waals surface area contributed by atoms with E-state index in [4.69, 9.17) is 16.3 Å². The molecule has 0 bridgehead atoms. The van der Waals surface area contributed by atoms with Crippen LogP contribution in [-0.2, 0) is 0 Å². The minimum atomic E-state index is -0.0686. The van der Waals surface area contributed by atoms with Crippen molar-refractivity contribution in [3.05, 3.63) is 63.9 Å². The molecule has 0 N–H and O–H groups in total. The van der Waals surface area contributed by atoms with Crippen LogP contribution in [-0.4, -0.2) is 21.9 Å². The van der Waals surface area contributed by atoms with Crippen molar-refractivity contribution in [2.75, 3.05) is 6.61 Å². The first-order valence-corrected chi connectivity index (χ1v) is 8.32. The average molecular weight is 347 g/mol. The predicted molar refractivity (Wildman–Crippen MR) is 92.2 cm³/mol. The van der Waals surface area contributed by atoms with E-state index in [0.717, 1.165) is 16.5 Å². The lowest BCUT2D eigenvalue weighted by molar-refractivity contribution is 0.0921. The van der Waals surface area contributed by atoms with Gasteiger partial charge in [-0.15, -0.1) is 11.3 Å². The Balaban J connectivity index is 1.79. The van der Waals surface area contributed by atoms with Crippen LogP contribution in [0.2, 0.25) is 5.02 Å². The highest BCUT2D eigenvalue weighted by molar-refractivity contribution is 7.12. The van der Waals surface area contributed by atoms with Gasteiger partial charge in [0.2, 0.25) is 5.78 Å². The second kappa shape index (κ2) is 6.56. The maximum atomic E-state index is 12.5. The van der Waals surface area contributed by atoms with Gasteiger partial charge in [-0.05, 0) is 38.1 Å². The number of rotatable bonds is 5. The fourth-order valence-corrected chi connectivity index (χ4v) is 3.38. The Hall–Kier alpha value is -2.11. The highest BCUT2D eigenvalue weighted by atomic mass is 35.5. The fourth-order valence-electron chi connectivity index (χ4n) is 2.45. The summed E-state index contributed by atoms with van der Waals surface area (Å²) in [5.41, 5.74) is 2.50. The van der Waals surface area contributed by atoms with E-state index >= 15 is 0 Å². The molecule has 0 fully saturated rings. The van der Waals surface area contributed by atoms with E-state index in [0.29, 0.717) is 16.3 Å². The van der Waals surface area contributed by atoms with Crippen molar-refractivity contribution in [2.24, 2.45) is 0 Å². The molecule has 4 nitrogen and oxygen atoms in total. The molecule has 0 aliphatic heterocycles. The molecule has 0 aliphatic carbocycles. The van der Waals surface area contributed by atoms with Gasteiger partial charge in [-0.25, -0.2) is 4.98 Å². The van der Waals surface area contributed by atoms with Crippen LogP contribution in [0, 0.1) is 13.8 Å². The predicted octanol–water partition coefficient (Wildman–Crippen LogP) is 4.47. The van der Waals surface area contributed by atoms with E-state index in [1.165, 1.54) is 11.3 Å². The van der Waals surface area contributed by atoms with Gasteiger partial charge in [0.25, 0.3) is 0 Å². The van der Waals surface area contributed by atoms with E-state index < -0.39 is 0 Å². The zero-order chi connectivity index (χ0) is 16.4. The number of nitrogens with zero attached hydrogens (tertiary/aromatic N) is 2. The summed E-state index contributed by atoms with van der Waals surface area (Å²) in [6, 6.07) is 8.89. The molecule has 0 spiro atoms. The zero-order valence-corrected chi connectivity index (χ0v) is 14.3. The summed E-state index contributed by atoms with van der Waals surface area (Å²) >= 11 is 7.45. The normalized spacial score (nSPS) is 10.7. The Morgan fingerprint density at radius 3 is 2.87 bits per heavy atom. The summed E-state index contributed by atoms with van der Waals surface area (Å²) in [7, 11) is 0. The van der Waals surface area contributed by atoms with Crippen LogP contribution in [0.3, 0.4) is 0 Å². The molecule has 0 saturated carbocycles. The lowest BCUT2D eigenvalue weighted by Gasteiger charge is -2.07. The molecular weight excluding hydrogens is 332 g/mol. The smallest absolute Gasteiger partial charge is 0.202 e. The monoisotopic (exact) mass is 346 g/mol. The number of aryl methyl sites for hydroxylation is 1. The van der Waals surface area contributed by atoms with Crippen LogP contribution >= 0.6 is 22.9 Å². The van der Waals surface area contributed by atoms with Crippen molar-refractivity contribution in [1.82, 2.24) is 9.55 Å². The lowest BCUT2D eigenvalue weighted by Crippen LogP contribution is -2.12. The number of thiazole rings is 1. The Labute approximate surface area is 143 Å². The fraction of sp³-hybridized carbons (Fsp3) is 0.176. The Bertz CT molecular complexity index is 840. The van der Waals surface area contributed by atoms with Crippen molar-refractivity contribution in [2.45, 2.75) is 13.8 Å². The minimum Gasteiger partial charge on any atom is -0.485 e. The highest BCUT2D eigenvalue weighted by Crippen LogP contribution is 2.23. The number of hydrogen-bond donors (Lipinski definition) is 0. The number of aromatic nitrogens is 2. The Morgan fingerprint density at radius 2 is 2.17 bits per heavy atom. The van der Waals surface area contributed by atoms with Gasteiger partial charge in [-0.2, -0.15) is 0 Å². The number of ether oxygens (including phenoxy) is 1. The summed E-state index contributed by atoms with van der Waals surface area (Å²) in [6.07, 6.45) is 1.75. The molecule has 0 saturated heterocycles. The topological polar surface area (TPSA) is 44.1 Å². The van der Waals surface area contributed by atoms with Gasteiger partial charge in [-0.3, -0.25) is 9.36 Å². The summed E-state index contributed by atoms with van der Waals surface area (Å²) in [4.78, 5) is 16.8. The second-order valence-electron chi connectivity index (χ2n) is 5.10. The van der Waals surface area contributed by atoms with Gasteiger partial charge >= 0.3 is 0 Å². The van der Waals surface area contributed by atoms with Gasteiger partial charge in [0.1, 0.15) is 5.75 Å². The number of Topliss-reactive ketones (excluding diaryl/α,β-unsaturated/α-hetero) is 1. The molecule has 118 valence electrons. The van der Waals surface area contributed by atoms with Crippen molar-refractivity contribution in [3.63, 3.8) is 0 Å². The first-order valence-electron chi connectivity index (χ1n) is 7.06. The zero-order valence-electron chi connectivity index (χ0n) is 12.7. The quantitative estimate of drug-likeness (QED) is 0.640. The molecule has 2 aromatic heterocycles. The van der Waals surface area contributed by atoms with Crippen molar-refractivity contribution >= 4 is 28.7 Å². The van der Waals surface area contributed by atoms with E-state index in [1.54, 1.807) is 30.5 Å². The van der Waals surface area contributed by atoms with Crippen LogP contribution in [0.25, 0.3) is 5.13 Å². The number of carbonyl (C=O) groups is 1. The van der Waals surface area contributed by atoms with Crippen LogP contribution in [0.15, 0.2) is 41.9 Å². The standard InChI is InChI=1S/C17H15ClN2O2S/c1-11-8-15(12(2)20(11)17-19-6-7-23-17)16(21)10-22-14-5-3-4-13(18)9-14/h3-9H,10H2,1-2H3. The van der Waals surface area contributed by atoms with Gasteiger partial charge in [0.05, 0.1) is 0 Å². The molecule has 0 unspecified atom stereocenters. The molecule has 3 aromatic rings. The van der Waals surface area contributed by atoms with Gasteiger partial charge in [0, 0.05) is 33.6 Å². The third kappa shape index (κ3) is 3.30. The highest BCUT2D eigenvalue weighted by Gasteiger charge is 2.18. The van der Waals surface area contributed by atoms with Gasteiger partial charge < -0.3 is 4.74 Å². The van der Waals surface area contributed by atoms with Crippen LogP contribution in [0.5, 0.6) is 5.75 Å². The minimum absolute atomic E-state index is 0.0253. The Morgan fingerprint density at radius 1 is 1.35 bits per heavy atom. The molecule has 2 heterocycles. The molecule has 0 radical (unpaired) electrons. The number of halogens is 1. The maximum absolute atomic E-state index is 12.5. The summed E-state index contributed by atoms with van der Waals surface area (Å²) in [5.74, 6) is 0.514. The van der Waals surface area contributed by atoms with Crippen LogP contribution < -0.4 is 4.74 Å². The molecule has 0 aliphatic rings. The summed E-state index contributed by atoms with van der Waals surface area (Å²) in [5, 5.41) is 3.35. The van der Waals surface area contributed by atoms with E-state index in [9.17, 15) is 4.79 Å². The number of benzene rings is 1. The number of carbonyl (C=O) groups excluding carboxylic acids is 1. The first-order chi connectivity index (χ1) is 11.1. The largest absolute Gasteiger partial charge is 0.485 e. The van der Waals surface area contributed by atoms with Crippen LogP contribution in [0.4, 0.5) is 0 Å². The molecule has 3 rings (SSSR count). The Kier molecular flexibility index (Phi) is 4.50. The van der Waals surface area contributed by atoms with Crippen molar-refractivity contribution < 1.29 is 9.53 Å². The van der Waals surface area contributed by atoms with Crippen molar-refractivity contribution in [3.8, 4) is 10.9 Å². The molecule has 0 atom stereocenters. The second-order valence-corrected chi connectivity index (χ2v) is 6.41. The molecule has 0 amide bonds. The third-order valence-corrected chi connectivity index (χ3v) is 4.50. The van der Waals surface area contributed by atoms with E-state index in [2.05, 4.69) is 4.98 Å². The van der Waals surface area contributed by atoms with E-state index in [1.807, 2.05) is 29.9 Å².